The van der Waals surface area contributed by atoms with Gasteiger partial charge in [0, 0.05) is 11.8 Å². The van der Waals surface area contributed by atoms with Gasteiger partial charge in [-0.1, -0.05) is 0 Å². The summed E-state index contributed by atoms with van der Waals surface area (Å²) in [7, 11) is -2.18. The summed E-state index contributed by atoms with van der Waals surface area (Å²) in [5.74, 6) is -1.73. The van der Waals surface area contributed by atoms with Crippen molar-refractivity contribution >= 4 is 21.6 Å². The number of hydrogen-bond donors (Lipinski definition) is 0. The van der Waals surface area contributed by atoms with Gasteiger partial charge in [-0.2, -0.15) is 8.78 Å². The summed E-state index contributed by atoms with van der Waals surface area (Å²) in [5.41, 5.74) is 0.136. The number of ketones is 1. The first-order chi connectivity index (χ1) is 13.1. The van der Waals surface area contributed by atoms with Gasteiger partial charge < -0.3 is 14.2 Å². The molecule has 10 heteroatoms. The second-order valence-corrected chi connectivity index (χ2v) is 7.56. The van der Waals surface area contributed by atoms with Crippen molar-refractivity contribution in [3.05, 3.63) is 53.6 Å². The van der Waals surface area contributed by atoms with E-state index >= 15 is 0 Å². The highest BCUT2D eigenvalue weighted by Crippen LogP contribution is 2.29. The molecule has 0 spiro atoms. The minimum atomic E-state index is -3.40. The van der Waals surface area contributed by atoms with Crippen LogP contribution in [0.25, 0.3) is 0 Å². The number of hydrogen-bond acceptors (Lipinski definition) is 7. The summed E-state index contributed by atoms with van der Waals surface area (Å²) in [6.45, 7) is -3.66. The molecule has 0 atom stereocenters. The Morgan fingerprint density at radius 1 is 1.00 bits per heavy atom. The van der Waals surface area contributed by atoms with Crippen molar-refractivity contribution in [2.75, 3.05) is 20.0 Å². The molecule has 0 aromatic heterocycles. The third kappa shape index (κ3) is 5.49. The molecular weight excluding hydrogens is 398 g/mol. The van der Waals surface area contributed by atoms with Crippen LogP contribution < -0.4 is 9.47 Å². The molecule has 0 saturated carbocycles. The lowest BCUT2D eigenvalue weighted by Crippen LogP contribution is -2.14. The van der Waals surface area contributed by atoms with E-state index in [9.17, 15) is 26.8 Å². The van der Waals surface area contributed by atoms with Gasteiger partial charge in [0.2, 0.25) is 0 Å². The van der Waals surface area contributed by atoms with Crippen molar-refractivity contribution < 1.29 is 41.0 Å². The van der Waals surface area contributed by atoms with Crippen molar-refractivity contribution in [2.24, 2.45) is 0 Å². The highest BCUT2D eigenvalue weighted by molar-refractivity contribution is 7.90. The summed E-state index contributed by atoms with van der Waals surface area (Å²) in [5, 5.41) is 0. The second kappa shape index (κ2) is 8.79. The van der Waals surface area contributed by atoms with Gasteiger partial charge in [-0.05, 0) is 42.5 Å². The van der Waals surface area contributed by atoms with Gasteiger partial charge in [-0.15, -0.1) is 0 Å². The Labute approximate surface area is 159 Å². The number of methoxy groups -OCH3 is 1. The Morgan fingerprint density at radius 3 is 2.14 bits per heavy atom. The molecular formula is C18H16F2O7S. The molecule has 0 aliphatic carbocycles. The van der Waals surface area contributed by atoms with Crippen LogP contribution in [0.5, 0.6) is 11.5 Å². The van der Waals surface area contributed by atoms with E-state index in [-0.39, 0.29) is 27.5 Å². The molecule has 0 unspecified atom stereocenters. The molecule has 2 aromatic carbocycles. The molecule has 0 N–H and O–H groups in total. The van der Waals surface area contributed by atoms with Crippen LogP contribution >= 0.6 is 0 Å². The lowest BCUT2D eigenvalue weighted by atomic mass is 10.1. The maximum absolute atomic E-state index is 12.3. The van der Waals surface area contributed by atoms with Crippen LogP contribution in [0.4, 0.5) is 8.78 Å². The fraction of sp³-hybridized carbons (Fsp3) is 0.222. The number of benzene rings is 2. The van der Waals surface area contributed by atoms with Gasteiger partial charge in [0.1, 0.15) is 0 Å². The third-order valence-electron chi connectivity index (χ3n) is 3.55. The van der Waals surface area contributed by atoms with Crippen molar-refractivity contribution in [3.8, 4) is 11.5 Å². The zero-order chi connectivity index (χ0) is 20.9. The number of esters is 1. The maximum Gasteiger partial charge on any atom is 0.387 e. The number of carbonyl (C=O) groups is 2. The monoisotopic (exact) mass is 414 g/mol. The van der Waals surface area contributed by atoms with Gasteiger partial charge in [0.15, 0.2) is 33.7 Å². The molecule has 0 aliphatic heterocycles. The molecule has 0 bridgehead atoms. The number of sulfone groups is 1. The highest BCUT2D eigenvalue weighted by atomic mass is 32.2. The zero-order valence-corrected chi connectivity index (χ0v) is 15.7. The first kappa shape index (κ1) is 21.3. The largest absolute Gasteiger partial charge is 0.493 e. The summed E-state index contributed by atoms with van der Waals surface area (Å²) in [4.78, 5) is 24.2. The summed E-state index contributed by atoms with van der Waals surface area (Å²) in [6.07, 6.45) is 1.03. The van der Waals surface area contributed by atoms with E-state index < -0.39 is 34.8 Å². The number of rotatable bonds is 8. The zero-order valence-electron chi connectivity index (χ0n) is 14.8. The lowest BCUT2D eigenvalue weighted by Gasteiger charge is -2.11. The Bertz CT molecular complexity index is 970. The highest BCUT2D eigenvalue weighted by Gasteiger charge is 2.17. The first-order valence-corrected chi connectivity index (χ1v) is 9.64. The van der Waals surface area contributed by atoms with Crippen molar-refractivity contribution in [1.29, 1.82) is 0 Å². The molecule has 0 radical (unpaired) electrons. The molecule has 28 heavy (non-hydrogen) atoms. The van der Waals surface area contributed by atoms with Crippen LogP contribution in [0.1, 0.15) is 20.7 Å². The van der Waals surface area contributed by atoms with Gasteiger partial charge in [0.05, 0.1) is 17.6 Å². The molecule has 0 amide bonds. The molecule has 0 aliphatic rings. The number of halogens is 2. The quantitative estimate of drug-likeness (QED) is 0.484. The van der Waals surface area contributed by atoms with E-state index in [0.29, 0.717) is 0 Å². The van der Waals surface area contributed by atoms with Crippen LogP contribution in [0, 0.1) is 0 Å². The summed E-state index contributed by atoms with van der Waals surface area (Å²) >= 11 is 0. The van der Waals surface area contributed by atoms with Gasteiger partial charge in [-0.3, -0.25) is 4.79 Å². The van der Waals surface area contributed by atoms with Gasteiger partial charge in [-0.25, -0.2) is 13.2 Å². The molecule has 7 nitrogen and oxygen atoms in total. The topological polar surface area (TPSA) is 96.0 Å². The smallest absolute Gasteiger partial charge is 0.387 e. The van der Waals surface area contributed by atoms with Crippen LogP contribution in [-0.4, -0.2) is 46.8 Å². The molecule has 0 heterocycles. The van der Waals surface area contributed by atoms with Crippen molar-refractivity contribution in [3.63, 3.8) is 0 Å². The maximum atomic E-state index is 12.3. The molecule has 2 rings (SSSR count). The number of alkyl halides is 2. The second-order valence-electron chi connectivity index (χ2n) is 5.54. The average molecular weight is 414 g/mol. The van der Waals surface area contributed by atoms with E-state index in [1.807, 2.05) is 0 Å². The molecule has 0 fully saturated rings. The van der Waals surface area contributed by atoms with Crippen molar-refractivity contribution in [1.82, 2.24) is 0 Å². The summed E-state index contributed by atoms with van der Waals surface area (Å²) in [6, 6.07) is 8.60. The summed E-state index contributed by atoms with van der Waals surface area (Å²) < 4.78 is 61.5. The van der Waals surface area contributed by atoms with Crippen LogP contribution in [0.2, 0.25) is 0 Å². The van der Waals surface area contributed by atoms with Crippen LogP contribution in [0.3, 0.4) is 0 Å². The minimum absolute atomic E-state index is 0.0401. The first-order valence-electron chi connectivity index (χ1n) is 7.75. The third-order valence-corrected chi connectivity index (χ3v) is 4.68. The fourth-order valence-electron chi connectivity index (χ4n) is 2.17. The SMILES string of the molecule is COc1cc(C(=O)COC(=O)c2ccc(S(C)(=O)=O)cc2)ccc1OC(F)F. The average Bonchev–Trinajstić information content (AvgIpc) is 2.65. The predicted octanol–water partition coefficient (Wildman–Crippen LogP) is 2.74. The van der Waals surface area contributed by atoms with Gasteiger partial charge >= 0.3 is 12.6 Å². The van der Waals surface area contributed by atoms with Gasteiger partial charge in [0.25, 0.3) is 0 Å². The standard InChI is InChI=1S/C18H16F2O7S/c1-25-16-9-12(5-8-15(16)27-18(19)20)14(21)10-26-17(22)11-3-6-13(7-4-11)28(2,23)24/h3-9,18H,10H2,1-2H3. The van der Waals surface area contributed by atoms with E-state index in [1.54, 1.807) is 0 Å². The van der Waals surface area contributed by atoms with Crippen molar-refractivity contribution in [2.45, 2.75) is 11.5 Å². The number of Topliss-reactive ketones (excluding diaryl/α,β-unsaturated/α-hetero) is 1. The normalized spacial score (nSPS) is 11.2. The molecule has 0 saturated heterocycles. The Kier molecular flexibility index (Phi) is 6.68. The van der Waals surface area contributed by atoms with Crippen LogP contribution in [-0.2, 0) is 14.6 Å². The molecule has 2 aromatic rings. The predicted molar refractivity (Wildman–Crippen MR) is 93.8 cm³/mol. The fourth-order valence-corrected chi connectivity index (χ4v) is 2.80. The van der Waals surface area contributed by atoms with E-state index in [2.05, 4.69) is 4.74 Å². The van der Waals surface area contributed by atoms with E-state index in [4.69, 9.17) is 9.47 Å². The Hall–Kier alpha value is -3.01. The van der Waals surface area contributed by atoms with Crippen LogP contribution in [0.15, 0.2) is 47.4 Å². The van der Waals surface area contributed by atoms with E-state index in [0.717, 1.165) is 12.3 Å². The molecule has 150 valence electrons. The Balaban J connectivity index is 2.04. The van der Waals surface area contributed by atoms with E-state index in [1.165, 1.54) is 43.5 Å². The number of carbonyl (C=O) groups excluding carboxylic acids is 2. The Morgan fingerprint density at radius 2 is 1.61 bits per heavy atom. The lowest BCUT2D eigenvalue weighted by molar-refractivity contribution is -0.0512. The number of ether oxygens (including phenoxy) is 3. The minimum Gasteiger partial charge on any atom is -0.493 e.